The van der Waals surface area contributed by atoms with Crippen LogP contribution >= 0.6 is 24.0 Å². The number of hydrogen-bond donors (Lipinski definition) is 1. The SMILES string of the molecule is NC(=S)N(Cc1ccc(SC(F)(F)F)cc1)CC(F)(F)F. The summed E-state index contributed by atoms with van der Waals surface area (Å²) < 4.78 is 73.4. The molecular formula is C11H10F6N2S2. The summed E-state index contributed by atoms with van der Waals surface area (Å²) in [4.78, 5) is 0.672. The van der Waals surface area contributed by atoms with Crippen molar-refractivity contribution in [1.29, 1.82) is 0 Å². The van der Waals surface area contributed by atoms with Crippen LogP contribution in [0, 0.1) is 0 Å². The van der Waals surface area contributed by atoms with Gasteiger partial charge in [0, 0.05) is 11.4 Å². The summed E-state index contributed by atoms with van der Waals surface area (Å²) in [6.45, 7) is -1.55. The zero-order chi connectivity index (χ0) is 16.3. The van der Waals surface area contributed by atoms with E-state index in [1.807, 2.05) is 0 Å². The Morgan fingerprint density at radius 2 is 1.62 bits per heavy atom. The van der Waals surface area contributed by atoms with Crippen LogP contribution in [0.3, 0.4) is 0 Å². The molecule has 10 heteroatoms. The van der Waals surface area contributed by atoms with E-state index in [0.29, 0.717) is 5.56 Å². The molecule has 0 aliphatic carbocycles. The zero-order valence-corrected chi connectivity index (χ0v) is 12.0. The number of nitrogens with two attached hydrogens (primary N) is 1. The van der Waals surface area contributed by atoms with Crippen LogP contribution in [-0.2, 0) is 6.54 Å². The molecule has 0 atom stereocenters. The lowest BCUT2D eigenvalue weighted by Gasteiger charge is -2.24. The van der Waals surface area contributed by atoms with E-state index in [0.717, 1.165) is 4.90 Å². The third kappa shape index (κ3) is 7.42. The van der Waals surface area contributed by atoms with Crippen LogP contribution in [0.25, 0.3) is 0 Å². The van der Waals surface area contributed by atoms with Crippen molar-refractivity contribution in [2.24, 2.45) is 5.73 Å². The summed E-state index contributed by atoms with van der Waals surface area (Å²) in [7, 11) is 0. The molecule has 118 valence electrons. The van der Waals surface area contributed by atoms with Gasteiger partial charge < -0.3 is 10.6 Å². The number of nitrogens with zero attached hydrogens (tertiary/aromatic N) is 1. The summed E-state index contributed by atoms with van der Waals surface area (Å²) in [6, 6.07) is 4.96. The molecule has 0 radical (unpaired) electrons. The van der Waals surface area contributed by atoms with Crippen molar-refractivity contribution in [3.63, 3.8) is 0 Å². The molecule has 0 unspecified atom stereocenters. The average molecular weight is 348 g/mol. The van der Waals surface area contributed by atoms with Crippen molar-refractivity contribution in [2.75, 3.05) is 6.54 Å². The molecule has 2 N–H and O–H groups in total. The van der Waals surface area contributed by atoms with Crippen molar-refractivity contribution in [1.82, 2.24) is 4.90 Å². The van der Waals surface area contributed by atoms with Crippen LogP contribution in [0.15, 0.2) is 29.2 Å². The molecule has 21 heavy (non-hydrogen) atoms. The van der Waals surface area contributed by atoms with Gasteiger partial charge in [0.2, 0.25) is 0 Å². The fourth-order valence-corrected chi connectivity index (χ4v) is 2.11. The first-order chi connectivity index (χ1) is 9.46. The number of rotatable bonds is 4. The number of hydrogen-bond acceptors (Lipinski definition) is 2. The van der Waals surface area contributed by atoms with E-state index >= 15 is 0 Å². The predicted molar refractivity (Wildman–Crippen MR) is 71.6 cm³/mol. The number of thioether (sulfide) groups is 1. The van der Waals surface area contributed by atoms with Gasteiger partial charge in [-0.1, -0.05) is 12.1 Å². The summed E-state index contributed by atoms with van der Waals surface area (Å²) in [5, 5.41) is -0.430. The molecule has 0 bridgehead atoms. The molecule has 0 saturated carbocycles. The van der Waals surface area contributed by atoms with Crippen molar-refractivity contribution in [2.45, 2.75) is 23.1 Å². The highest BCUT2D eigenvalue weighted by molar-refractivity contribution is 8.00. The first kappa shape index (κ1) is 17.9. The van der Waals surface area contributed by atoms with Crippen molar-refractivity contribution in [3.8, 4) is 0 Å². The van der Waals surface area contributed by atoms with Gasteiger partial charge in [0.25, 0.3) is 0 Å². The first-order valence-electron chi connectivity index (χ1n) is 5.42. The minimum absolute atomic E-state index is 0.0519. The third-order valence-electron chi connectivity index (χ3n) is 2.21. The van der Waals surface area contributed by atoms with Crippen LogP contribution in [0.1, 0.15) is 5.56 Å². The molecule has 0 aliphatic heterocycles. The topological polar surface area (TPSA) is 29.3 Å². The minimum atomic E-state index is -4.48. The predicted octanol–water partition coefficient (Wildman–Crippen LogP) is 3.91. The van der Waals surface area contributed by atoms with Crippen molar-refractivity contribution in [3.05, 3.63) is 29.8 Å². The van der Waals surface area contributed by atoms with Crippen LogP contribution in [0.2, 0.25) is 0 Å². The molecule has 0 aromatic heterocycles. The lowest BCUT2D eigenvalue weighted by Crippen LogP contribution is -2.41. The second-order valence-electron chi connectivity index (χ2n) is 4.00. The molecule has 0 aliphatic rings. The molecule has 2 nitrogen and oxygen atoms in total. The largest absolute Gasteiger partial charge is 0.446 e. The highest BCUT2D eigenvalue weighted by Gasteiger charge is 2.31. The zero-order valence-electron chi connectivity index (χ0n) is 10.3. The van der Waals surface area contributed by atoms with Gasteiger partial charge in [0.15, 0.2) is 5.11 Å². The summed E-state index contributed by atoms with van der Waals surface area (Å²) in [5.74, 6) is 0. The van der Waals surface area contributed by atoms with E-state index in [2.05, 4.69) is 12.2 Å². The molecule has 1 rings (SSSR count). The lowest BCUT2D eigenvalue weighted by atomic mass is 10.2. The monoisotopic (exact) mass is 348 g/mol. The quantitative estimate of drug-likeness (QED) is 0.508. The van der Waals surface area contributed by atoms with Gasteiger partial charge in [-0.3, -0.25) is 0 Å². The Morgan fingerprint density at radius 3 is 2.00 bits per heavy atom. The average Bonchev–Trinajstić information content (AvgIpc) is 2.27. The maximum Gasteiger partial charge on any atom is 0.446 e. The van der Waals surface area contributed by atoms with Crippen LogP contribution < -0.4 is 5.73 Å². The Morgan fingerprint density at radius 1 is 1.10 bits per heavy atom. The third-order valence-corrected chi connectivity index (χ3v) is 3.21. The smallest absolute Gasteiger partial charge is 0.376 e. The molecule has 0 spiro atoms. The Balaban J connectivity index is 2.75. The van der Waals surface area contributed by atoms with E-state index in [4.69, 9.17) is 5.73 Å². The molecule has 0 amide bonds. The molecule has 0 fully saturated rings. The van der Waals surface area contributed by atoms with Gasteiger partial charge in [-0.15, -0.1) is 0 Å². The summed E-state index contributed by atoms with van der Waals surface area (Å²) >= 11 is 4.23. The van der Waals surface area contributed by atoms with Gasteiger partial charge in [-0.25, -0.2) is 0 Å². The Kier molecular flexibility index (Phi) is 5.74. The number of benzene rings is 1. The lowest BCUT2D eigenvalue weighted by molar-refractivity contribution is -0.138. The molecule has 1 aromatic carbocycles. The standard InChI is InChI=1S/C11H10F6N2S2/c12-10(13,14)6-19(9(18)20)5-7-1-3-8(4-2-7)21-11(15,16)17/h1-4H,5-6H2,(H2,18,20). The number of alkyl halides is 6. The second-order valence-corrected chi connectivity index (χ2v) is 5.56. The van der Waals surface area contributed by atoms with Crippen LogP contribution in [0.4, 0.5) is 26.3 Å². The molecular weight excluding hydrogens is 338 g/mol. The molecule has 1 aromatic rings. The van der Waals surface area contributed by atoms with Crippen molar-refractivity contribution < 1.29 is 26.3 Å². The van der Waals surface area contributed by atoms with Gasteiger partial charge in [-0.2, -0.15) is 26.3 Å². The van der Waals surface area contributed by atoms with Gasteiger partial charge >= 0.3 is 11.7 Å². The second kappa shape index (κ2) is 6.73. The molecule has 0 saturated heterocycles. The minimum Gasteiger partial charge on any atom is -0.376 e. The highest BCUT2D eigenvalue weighted by Crippen LogP contribution is 2.36. The normalized spacial score (nSPS) is 12.3. The van der Waals surface area contributed by atoms with Gasteiger partial charge in [0.05, 0.1) is 0 Å². The summed E-state index contributed by atoms with van der Waals surface area (Å²) in [5.41, 5.74) is 1.17. The Bertz CT molecular complexity index is 483. The fourth-order valence-electron chi connectivity index (χ4n) is 1.45. The Hall–Kier alpha value is -1.16. The van der Waals surface area contributed by atoms with E-state index < -0.39 is 23.3 Å². The maximum atomic E-state index is 12.3. The highest BCUT2D eigenvalue weighted by atomic mass is 32.2. The van der Waals surface area contributed by atoms with E-state index in [9.17, 15) is 26.3 Å². The number of thiocarbonyl (C=S) groups is 1. The van der Waals surface area contributed by atoms with Crippen LogP contribution in [-0.4, -0.2) is 28.2 Å². The van der Waals surface area contributed by atoms with E-state index in [1.165, 1.54) is 24.3 Å². The van der Waals surface area contributed by atoms with Gasteiger partial charge in [0.1, 0.15) is 6.54 Å². The van der Waals surface area contributed by atoms with Gasteiger partial charge in [-0.05, 0) is 41.7 Å². The Labute approximate surface area is 126 Å². The van der Waals surface area contributed by atoms with Crippen molar-refractivity contribution >= 4 is 29.1 Å². The van der Waals surface area contributed by atoms with Crippen LogP contribution in [0.5, 0.6) is 0 Å². The number of halogens is 6. The fraction of sp³-hybridized carbons (Fsp3) is 0.364. The first-order valence-corrected chi connectivity index (χ1v) is 6.64. The maximum absolute atomic E-state index is 12.3. The van der Waals surface area contributed by atoms with E-state index in [1.54, 1.807) is 0 Å². The summed E-state index contributed by atoms with van der Waals surface area (Å²) in [6.07, 6.45) is -4.48. The van der Waals surface area contributed by atoms with E-state index in [-0.39, 0.29) is 23.2 Å². The molecule has 0 heterocycles.